The Balaban J connectivity index is 1.77. The van der Waals surface area contributed by atoms with Crippen LogP contribution in [0.1, 0.15) is 18.9 Å². The number of ether oxygens (including phenoxy) is 1. The molecule has 2 aromatic rings. The van der Waals surface area contributed by atoms with Gasteiger partial charge in [0.25, 0.3) is 5.91 Å². The summed E-state index contributed by atoms with van der Waals surface area (Å²) in [5, 5.41) is 9.56. The van der Waals surface area contributed by atoms with Crippen LogP contribution >= 0.6 is 11.8 Å². The van der Waals surface area contributed by atoms with Crippen LogP contribution in [0.3, 0.4) is 0 Å². The predicted molar refractivity (Wildman–Crippen MR) is 95.4 cm³/mol. The summed E-state index contributed by atoms with van der Waals surface area (Å²) in [6.45, 7) is 2.77. The lowest BCUT2D eigenvalue weighted by Crippen LogP contribution is -2.36. The Kier molecular flexibility index (Phi) is 5.07. The smallest absolute Gasteiger partial charge is 0.264 e. The summed E-state index contributed by atoms with van der Waals surface area (Å²) < 4.78 is 5.61. The molecule has 1 heterocycles. The lowest BCUT2D eigenvalue weighted by atomic mass is 10.2. The van der Waals surface area contributed by atoms with E-state index < -0.39 is 0 Å². The number of nitrogens with zero attached hydrogens (tertiary/aromatic N) is 2. The van der Waals surface area contributed by atoms with E-state index in [1.165, 1.54) is 0 Å². The second-order valence-electron chi connectivity index (χ2n) is 5.63. The zero-order valence-electron chi connectivity index (χ0n) is 13.4. The summed E-state index contributed by atoms with van der Waals surface area (Å²) in [6.07, 6.45) is 0.930. The van der Waals surface area contributed by atoms with Gasteiger partial charge < -0.3 is 9.64 Å². The molecule has 0 aromatic heterocycles. The molecule has 0 bridgehead atoms. The Hall–Kier alpha value is -2.45. The van der Waals surface area contributed by atoms with Crippen LogP contribution < -0.4 is 9.64 Å². The average molecular weight is 338 g/mol. The third kappa shape index (κ3) is 3.55. The molecule has 122 valence electrons. The Morgan fingerprint density at radius 2 is 2.04 bits per heavy atom. The van der Waals surface area contributed by atoms with Crippen LogP contribution in [0.2, 0.25) is 0 Å². The maximum atomic E-state index is 12.7. The Morgan fingerprint density at radius 3 is 2.88 bits per heavy atom. The highest BCUT2D eigenvalue weighted by Gasteiger charge is 2.24. The number of benzene rings is 2. The number of nitriles is 1. The molecule has 1 amide bonds. The molecule has 1 aliphatic rings. The van der Waals surface area contributed by atoms with Crippen LogP contribution in [0.5, 0.6) is 5.75 Å². The highest BCUT2D eigenvalue weighted by atomic mass is 32.2. The first-order valence-corrected chi connectivity index (χ1v) is 8.75. The van der Waals surface area contributed by atoms with Gasteiger partial charge in [-0.25, -0.2) is 0 Å². The van der Waals surface area contributed by atoms with Crippen molar-refractivity contribution in [1.29, 1.82) is 5.26 Å². The Morgan fingerprint density at radius 1 is 1.29 bits per heavy atom. The lowest BCUT2D eigenvalue weighted by Gasteiger charge is -2.22. The monoisotopic (exact) mass is 338 g/mol. The minimum Gasteiger partial charge on any atom is -0.482 e. The van der Waals surface area contributed by atoms with Crippen molar-refractivity contribution in [2.75, 3.05) is 18.1 Å². The highest BCUT2D eigenvalue weighted by molar-refractivity contribution is 8.00. The van der Waals surface area contributed by atoms with E-state index in [0.717, 1.165) is 17.0 Å². The number of thioether (sulfide) groups is 1. The summed E-state index contributed by atoms with van der Waals surface area (Å²) in [5.41, 5.74) is 1.37. The highest BCUT2D eigenvalue weighted by Crippen LogP contribution is 2.37. The molecule has 0 saturated carbocycles. The first-order chi connectivity index (χ1) is 11.7. The van der Waals surface area contributed by atoms with Gasteiger partial charge in [0.15, 0.2) is 6.61 Å². The summed E-state index contributed by atoms with van der Waals surface area (Å²) in [7, 11) is 0. The van der Waals surface area contributed by atoms with Gasteiger partial charge in [0.05, 0.1) is 11.3 Å². The fourth-order valence-electron chi connectivity index (χ4n) is 2.65. The van der Waals surface area contributed by atoms with E-state index in [1.807, 2.05) is 24.3 Å². The number of para-hydroxylation sites is 2. The molecule has 0 aliphatic carbocycles. The molecule has 3 rings (SSSR count). The molecule has 0 fully saturated rings. The van der Waals surface area contributed by atoms with Crippen molar-refractivity contribution in [3.63, 3.8) is 0 Å². The minimum absolute atomic E-state index is 0.0773. The van der Waals surface area contributed by atoms with Gasteiger partial charge >= 0.3 is 0 Å². The van der Waals surface area contributed by atoms with Crippen LogP contribution in [0.15, 0.2) is 53.4 Å². The Labute approximate surface area is 146 Å². The van der Waals surface area contributed by atoms with Gasteiger partial charge in [-0.2, -0.15) is 5.26 Å². The summed E-state index contributed by atoms with van der Waals surface area (Å²) >= 11 is 1.80. The van der Waals surface area contributed by atoms with E-state index in [2.05, 4.69) is 13.0 Å². The minimum atomic E-state index is -0.0927. The quantitative estimate of drug-likeness (QED) is 0.853. The fraction of sp³-hybridized carbons (Fsp3) is 0.263. The fourth-order valence-corrected chi connectivity index (χ4v) is 3.76. The van der Waals surface area contributed by atoms with Crippen molar-refractivity contribution in [3.8, 4) is 11.8 Å². The van der Waals surface area contributed by atoms with Crippen LogP contribution in [0.4, 0.5) is 5.69 Å². The molecule has 0 N–H and O–H groups in total. The molecule has 24 heavy (non-hydrogen) atoms. The van der Waals surface area contributed by atoms with Crippen molar-refractivity contribution in [3.05, 3.63) is 54.1 Å². The number of fused-ring (bicyclic) bond motifs is 1. The van der Waals surface area contributed by atoms with E-state index in [0.29, 0.717) is 23.1 Å². The molecule has 0 saturated heterocycles. The van der Waals surface area contributed by atoms with Gasteiger partial charge in [0, 0.05) is 16.7 Å². The third-order valence-electron chi connectivity index (χ3n) is 3.90. The molecule has 0 spiro atoms. The normalized spacial score (nSPS) is 16.7. The van der Waals surface area contributed by atoms with Crippen LogP contribution in [0.25, 0.3) is 0 Å². The van der Waals surface area contributed by atoms with E-state index >= 15 is 0 Å². The van der Waals surface area contributed by atoms with Gasteiger partial charge in [-0.1, -0.05) is 31.2 Å². The summed E-state index contributed by atoms with van der Waals surface area (Å²) in [6, 6.07) is 17.0. The van der Waals surface area contributed by atoms with Crippen LogP contribution in [0, 0.1) is 11.3 Å². The summed E-state index contributed by atoms with van der Waals surface area (Å²) in [4.78, 5) is 15.6. The van der Waals surface area contributed by atoms with Crippen molar-refractivity contribution < 1.29 is 9.53 Å². The van der Waals surface area contributed by atoms with Crippen molar-refractivity contribution >= 4 is 23.4 Å². The number of rotatable bonds is 3. The van der Waals surface area contributed by atoms with Gasteiger partial charge in [-0.05, 0) is 30.7 Å². The number of hydrogen-bond acceptors (Lipinski definition) is 4. The zero-order valence-corrected chi connectivity index (χ0v) is 14.3. The third-order valence-corrected chi connectivity index (χ3v) is 5.14. The van der Waals surface area contributed by atoms with E-state index in [4.69, 9.17) is 10.00 Å². The summed E-state index contributed by atoms with van der Waals surface area (Å²) in [5.74, 6) is 0.351. The molecule has 0 radical (unpaired) electrons. The van der Waals surface area contributed by atoms with Crippen molar-refractivity contribution in [2.45, 2.75) is 23.5 Å². The van der Waals surface area contributed by atoms with Crippen molar-refractivity contribution in [1.82, 2.24) is 0 Å². The van der Waals surface area contributed by atoms with E-state index in [1.54, 1.807) is 40.9 Å². The topological polar surface area (TPSA) is 53.3 Å². The Bertz CT molecular complexity index is 785. The van der Waals surface area contributed by atoms with Crippen LogP contribution in [-0.2, 0) is 4.79 Å². The average Bonchev–Trinajstić information content (AvgIpc) is 2.78. The maximum absolute atomic E-state index is 12.7. The van der Waals surface area contributed by atoms with E-state index in [9.17, 15) is 4.79 Å². The number of amides is 1. The second-order valence-corrected chi connectivity index (χ2v) is 7.11. The standard InChI is InChI=1S/C19H18N2O2S/c1-14-10-11-21(16-7-3-5-9-18(16)24-14)19(22)13-23-17-8-4-2-6-15(17)12-20/h2-9,14H,10-11,13H2,1H3/t14-/m0/s1. The van der Waals surface area contributed by atoms with Crippen molar-refractivity contribution in [2.24, 2.45) is 0 Å². The number of carbonyl (C=O) groups excluding carboxylic acids is 1. The maximum Gasteiger partial charge on any atom is 0.264 e. The molecular formula is C19H18N2O2S. The molecule has 1 aliphatic heterocycles. The zero-order chi connectivity index (χ0) is 16.9. The largest absolute Gasteiger partial charge is 0.482 e. The molecular weight excluding hydrogens is 320 g/mol. The van der Waals surface area contributed by atoms with Gasteiger partial charge in [-0.3, -0.25) is 4.79 Å². The van der Waals surface area contributed by atoms with Crippen LogP contribution in [-0.4, -0.2) is 24.3 Å². The van der Waals surface area contributed by atoms with Gasteiger partial charge in [0.1, 0.15) is 11.8 Å². The van der Waals surface area contributed by atoms with Gasteiger partial charge in [-0.15, -0.1) is 11.8 Å². The molecule has 5 heteroatoms. The first kappa shape index (κ1) is 16.4. The van der Waals surface area contributed by atoms with E-state index in [-0.39, 0.29) is 12.5 Å². The molecule has 2 aromatic carbocycles. The number of anilines is 1. The first-order valence-electron chi connectivity index (χ1n) is 7.87. The SMILES string of the molecule is C[C@H]1CCN(C(=O)COc2ccccc2C#N)c2ccccc2S1. The second kappa shape index (κ2) is 7.41. The molecule has 0 unspecified atom stereocenters. The number of hydrogen-bond donors (Lipinski definition) is 0. The molecule has 4 nitrogen and oxygen atoms in total. The number of carbonyl (C=O) groups is 1. The molecule has 1 atom stereocenters. The predicted octanol–water partition coefficient (Wildman–Crippen LogP) is 3.85. The lowest BCUT2D eigenvalue weighted by molar-refractivity contribution is -0.120. The van der Waals surface area contributed by atoms with Gasteiger partial charge in [0.2, 0.25) is 0 Å².